The van der Waals surface area contributed by atoms with Gasteiger partial charge in [-0.25, -0.2) is 8.42 Å². The molecule has 34 heavy (non-hydrogen) atoms. The molecule has 11 atom stereocenters. The molecule has 0 bridgehead atoms. The maximum absolute atomic E-state index is 12.2. The SMILES string of the molecule is CC[C@H]1[C@@H](O)[C@@H]2[C@H](CC[C@]3(C)[C@@H]([C@H](C)CCS(=O)(=O)NC(C)=O)CC[C@@H]23)[C@@]2(C)CC[C@@H](O)C[C@@H]12. The molecule has 0 saturated heterocycles. The number of carbonyl (C=O) groups is 1. The summed E-state index contributed by atoms with van der Waals surface area (Å²) < 4.78 is 26.6. The van der Waals surface area contributed by atoms with Gasteiger partial charge in [0.25, 0.3) is 0 Å². The van der Waals surface area contributed by atoms with Gasteiger partial charge in [-0.3, -0.25) is 9.52 Å². The molecule has 196 valence electrons. The fourth-order valence-electron chi connectivity index (χ4n) is 9.74. The summed E-state index contributed by atoms with van der Waals surface area (Å²) in [6.45, 7) is 10.5. The Bertz CT molecular complexity index is 876. The van der Waals surface area contributed by atoms with Crippen molar-refractivity contribution in [3.63, 3.8) is 0 Å². The van der Waals surface area contributed by atoms with Gasteiger partial charge in [-0.1, -0.05) is 34.1 Å². The van der Waals surface area contributed by atoms with E-state index in [0.717, 1.165) is 51.4 Å². The molecule has 6 nitrogen and oxygen atoms in total. The van der Waals surface area contributed by atoms with Gasteiger partial charge in [0.15, 0.2) is 0 Å². The van der Waals surface area contributed by atoms with Crippen molar-refractivity contribution >= 4 is 15.9 Å². The van der Waals surface area contributed by atoms with Crippen LogP contribution in [0.1, 0.15) is 92.4 Å². The Kier molecular flexibility index (Phi) is 7.25. The zero-order valence-corrected chi connectivity index (χ0v) is 22.6. The molecular formula is C27H47NO5S. The van der Waals surface area contributed by atoms with E-state index in [-0.39, 0.29) is 40.6 Å². The van der Waals surface area contributed by atoms with E-state index in [2.05, 4.69) is 32.4 Å². The van der Waals surface area contributed by atoms with Gasteiger partial charge in [0.05, 0.1) is 18.0 Å². The lowest BCUT2D eigenvalue weighted by Gasteiger charge is -2.64. The smallest absolute Gasteiger partial charge is 0.234 e. The number of amides is 1. The normalized spacial score (nSPS) is 47.3. The van der Waals surface area contributed by atoms with Crippen LogP contribution in [0, 0.1) is 52.3 Å². The van der Waals surface area contributed by atoms with E-state index in [1.54, 1.807) is 0 Å². The standard InChI is InChI=1S/C27H47NO5S/c1-6-19-23-15-18(30)9-12-27(23,5)22-10-13-26(4)20(7-8-21(26)24(22)25(19)31)16(2)11-14-34(32,33)28-17(3)29/h16,18-25,30-31H,6-15H2,1-5H3,(H,28,29)/t16-,18-,19-,20-,21+,22+,23+,24+,25-,26-,27-/m1/s1. The van der Waals surface area contributed by atoms with E-state index in [4.69, 9.17) is 0 Å². The lowest BCUT2D eigenvalue weighted by Crippen LogP contribution is -2.62. The minimum atomic E-state index is -3.58. The first kappa shape index (κ1) is 26.4. The Morgan fingerprint density at radius 3 is 2.32 bits per heavy atom. The molecular weight excluding hydrogens is 450 g/mol. The van der Waals surface area contributed by atoms with Crippen LogP contribution in [-0.4, -0.2) is 42.5 Å². The molecule has 4 rings (SSSR count). The predicted octanol–water partition coefficient (Wildman–Crippen LogP) is 4.11. The van der Waals surface area contributed by atoms with Crippen LogP contribution in [-0.2, 0) is 14.8 Å². The van der Waals surface area contributed by atoms with E-state index < -0.39 is 15.9 Å². The second-order valence-electron chi connectivity index (χ2n) is 12.9. The lowest BCUT2D eigenvalue weighted by atomic mass is 9.41. The van der Waals surface area contributed by atoms with Crippen molar-refractivity contribution in [2.24, 2.45) is 52.3 Å². The summed E-state index contributed by atoms with van der Waals surface area (Å²) in [7, 11) is -3.58. The molecule has 0 radical (unpaired) electrons. The first-order valence-electron chi connectivity index (χ1n) is 13.7. The number of hydrogen-bond donors (Lipinski definition) is 3. The Morgan fingerprint density at radius 2 is 1.68 bits per heavy atom. The Balaban J connectivity index is 1.54. The second-order valence-corrected chi connectivity index (χ2v) is 14.7. The van der Waals surface area contributed by atoms with Crippen molar-refractivity contribution in [3.05, 3.63) is 0 Å². The molecule has 0 aliphatic heterocycles. The molecule has 0 heterocycles. The Hall–Kier alpha value is -0.660. The third-order valence-corrected chi connectivity index (χ3v) is 12.7. The molecule has 4 aliphatic carbocycles. The number of fused-ring (bicyclic) bond motifs is 5. The molecule has 0 unspecified atom stereocenters. The van der Waals surface area contributed by atoms with Crippen LogP contribution in [0.25, 0.3) is 0 Å². The zero-order chi connectivity index (χ0) is 25.1. The van der Waals surface area contributed by atoms with Crippen LogP contribution in [0.15, 0.2) is 0 Å². The molecule has 0 aromatic heterocycles. The maximum Gasteiger partial charge on any atom is 0.234 e. The van der Waals surface area contributed by atoms with Gasteiger partial charge in [-0.05, 0) is 104 Å². The summed E-state index contributed by atoms with van der Waals surface area (Å²) in [5.74, 6) is 2.09. The van der Waals surface area contributed by atoms with Gasteiger partial charge in [0.1, 0.15) is 0 Å². The minimum absolute atomic E-state index is 0.0142. The molecule has 3 N–H and O–H groups in total. The van der Waals surface area contributed by atoms with Crippen molar-refractivity contribution < 1.29 is 23.4 Å². The van der Waals surface area contributed by atoms with Crippen LogP contribution in [0.2, 0.25) is 0 Å². The maximum atomic E-state index is 12.2. The summed E-state index contributed by atoms with van der Waals surface area (Å²) >= 11 is 0. The Morgan fingerprint density at radius 1 is 1.03 bits per heavy atom. The average Bonchev–Trinajstić information content (AvgIpc) is 3.10. The summed E-state index contributed by atoms with van der Waals surface area (Å²) in [5, 5.41) is 22.2. The Labute approximate surface area is 206 Å². The summed E-state index contributed by atoms with van der Waals surface area (Å²) in [5.41, 5.74) is 0.316. The third-order valence-electron chi connectivity index (χ3n) is 11.3. The van der Waals surface area contributed by atoms with E-state index >= 15 is 0 Å². The number of hydrogen-bond acceptors (Lipinski definition) is 5. The van der Waals surface area contributed by atoms with Gasteiger partial charge >= 0.3 is 0 Å². The molecule has 4 fully saturated rings. The van der Waals surface area contributed by atoms with Gasteiger partial charge in [0, 0.05) is 6.92 Å². The van der Waals surface area contributed by atoms with E-state index in [1.165, 1.54) is 6.92 Å². The van der Waals surface area contributed by atoms with E-state index in [1.807, 2.05) is 0 Å². The second kappa shape index (κ2) is 9.33. The van der Waals surface area contributed by atoms with Gasteiger partial charge in [-0.15, -0.1) is 0 Å². The highest BCUT2D eigenvalue weighted by Gasteiger charge is 2.64. The highest BCUT2D eigenvalue weighted by atomic mass is 32.2. The number of aliphatic hydroxyl groups excluding tert-OH is 2. The highest BCUT2D eigenvalue weighted by Crippen LogP contribution is 2.69. The van der Waals surface area contributed by atoms with Gasteiger partial charge < -0.3 is 10.2 Å². The monoisotopic (exact) mass is 497 g/mol. The van der Waals surface area contributed by atoms with Gasteiger partial charge in [-0.2, -0.15) is 0 Å². The largest absolute Gasteiger partial charge is 0.393 e. The number of aliphatic hydroxyl groups is 2. The summed E-state index contributed by atoms with van der Waals surface area (Å²) in [6.07, 6.45) is 8.23. The topological polar surface area (TPSA) is 104 Å². The van der Waals surface area contributed by atoms with E-state index in [9.17, 15) is 23.4 Å². The first-order chi connectivity index (χ1) is 15.8. The molecule has 4 saturated carbocycles. The fraction of sp³-hybridized carbons (Fsp3) is 0.963. The quantitative estimate of drug-likeness (QED) is 0.512. The molecule has 1 amide bonds. The van der Waals surface area contributed by atoms with Crippen LogP contribution in [0.4, 0.5) is 0 Å². The molecule has 4 aliphatic rings. The third kappa shape index (κ3) is 4.36. The molecule has 7 heteroatoms. The van der Waals surface area contributed by atoms with Crippen LogP contribution < -0.4 is 4.72 Å². The van der Waals surface area contributed by atoms with Gasteiger partial charge in [0.2, 0.25) is 15.9 Å². The summed E-state index contributed by atoms with van der Waals surface area (Å²) in [4.78, 5) is 11.2. The molecule has 0 aromatic rings. The van der Waals surface area contributed by atoms with Crippen molar-refractivity contribution in [1.82, 2.24) is 4.72 Å². The van der Waals surface area contributed by atoms with Crippen molar-refractivity contribution in [2.75, 3.05) is 5.75 Å². The predicted molar refractivity (Wildman–Crippen MR) is 133 cm³/mol. The minimum Gasteiger partial charge on any atom is -0.393 e. The number of carbonyl (C=O) groups excluding carboxylic acids is 1. The summed E-state index contributed by atoms with van der Waals surface area (Å²) in [6, 6.07) is 0. The number of sulfonamides is 1. The number of rotatable bonds is 6. The molecule has 0 spiro atoms. The van der Waals surface area contributed by atoms with Crippen LogP contribution >= 0.6 is 0 Å². The number of nitrogens with one attached hydrogen (secondary N) is 1. The highest BCUT2D eigenvalue weighted by molar-refractivity contribution is 7.90. The first-order valence-corrected chi connectivity index (χ1v) is 15.4. The van der Waals surface area contributed by atoms with Crippen LogP contribution in [0.3, 0.4) is 0 Å². The lowest BCUT2D eigenvalue weighted by molar-refractivity contribution is -0.203. The van der Waals surface area contributed by atoms with Crippen LogP contribution in [0.5, 0.6) is 0 Å². The fourth-order valence-corrected chi connectivity index (χ4v) is 11.0. The zero-order valence-electron chi connectivity index (χ0n) is 21.8. The van der Waals surface area contributed by atoms with Crippen molar-refractivity contribution in [2.45, 2.75) is 105 Å². The van der Waals surface area contributed by atoms with Crippen molar-refractivity contribution in [3.8, 4) is 0 Å². The van der Waals surface area contributed by atoms with Crippen molar-refractivity contribution in [1.29, 1.82) is 0 Å². The molecule has 0 aromatic carbocycles. The van der Waals surface area contributed by atoms with E-state index in [0.29, 0.717) is 36.0 Å². The average molecular weight is 498 g/mol.